The van der Waals surface area contributed by atoms with E-state index < -0.39 is 21.0 Å². The molecule has 0 rings (SSSR count). The van der Waals surface area contributed by atoms with Gasteiger partial charge in [0.2, 0.25) is 0 Å². The minimum Gasteiger partial charge on any atom is -0.0654 e. The molecule has 0 N–H and O–H groups in total. The summed E-state index contributed by atoms with van der Waals surface area (Å²) >= 11 is -0.662. The summed E-state index contributed by atoms with van der Waals surface area (Å²) in [5, 5.41) is 0.248. The first-order chi connectivity index (χ1) is 10.8. The van der Waals surface area contributed by atoms with Crippen molar-refractivity contribution in [1.29, 1.82) is 0.594 Å². The molecule has 0 aromatic heterocycles. The molecule has 21 heavy (non-hydrogen) atoms. The van der Waals surface area contributed by atoms with Crippen molar-refractivity contribution in [3.63, 3.8) is 0 Å². The molecule has 0 saturated heterocycles. The molecule has 128 valence electrons. The fourth-order valence-electron chi connectivity index (χ4n) is 2.68. The third-order valence-electron chi connectivity index (χ3n) is 4.07. The number of carbonyl (C=O) groups is 1. The predicted octanol–water partition coefficient (Wildman–Crippen LogP) is 3.71. The Labute approximate surface area is 149 Å². The zero-order valence-electron chi connectivity index (χ0n) is 15.0. The van der Waals surface area contributed by atoms with E-state index in [0.717, 1.165) is 6.42 Å². The Hall–Kier alpha value is 0.750. The van der Waals surface area contributed by atoms with E-state index in [4.69, 9.17) is 0.594 Å². The summed E-state index contributed by atoms with van der Waals surface area (Å²) in [5.41, 5.74) is 0. The molecule has 0 saturated carbocycles. The summed E-state index contributed by atoms with van der Waals surface area (Å²) in [6.07, 6.45) is 21.1. The maximum atomic E-state index is 11.2. The Morgan fingerprint density at radius 2 is 1.14 bits per heavy atom. The first kappa shape index (κ1) is 19.8. The molecule has 0 spiro atoms. The topological polar surface area (TPSA) is 17.1 Å². The van der Waals surface area contributed by atoms with E-state index in [1.165, 1.54) is 98.8 Å². The molecule has 0 heterocycles. The quantitative estimate of drug-likeness (QED) is 0.259. The van der Waals surface area contributed by atoms with Crippen molar-refractivity contribution in [2.75, 3.05) is 0 Å². The zero-order valence-corrected chi connectivity index (χ0v) is 17.0. The smallest absolute Gasteiger partial charge is 0.0654 e. The molecule has 1 nitrogen and oxygen atoms in total. The Morgan fingerprint density at radius 3 is 1.52 bits per heavy atom. The van der Waals surface area contributed by atoms with Crippen LogP contribution in [-0.4, -0.2) is 5.71 Å². The van der Waals surface area contributed by atoms with Gasteiger partial charge in [0.15, 0.2) is 0 Å². The average Bonchev–Trinajstić information content (AvgIpc) is 2.51. The van der Waals surface area contributed by atoms with Gasteiger partial charge < -0.3 is 0 Å². The van der Waals surface area contributed by atoms with E-state index in [2.05, 4.69) is 6.92 Å². The maximum absolute atomic E-state index is 11.2. The summed E-state index contributed by atoms with van der Waals surface area (Å²) < 4.78 is 7.08. The molecule has 0 radical (unpaired) electrons. The van der Waals surface area contributed by atoms with Crippen LogP contribution >= 0.6 is 8.93 Å². The fourth-order valence-corrected chi connectivity index (χ4v) is 3.56. The van der Waals surface area contributed by atoms with Crippen molar-refractivity contribution in [1.82, 2.24) is 0 Å². The molecule has 0 atom stereocenters. The molecule has 0 aliphatic carbocycles. The van der Waals surface area contributed by atoms with E-state index in [1.807, 2.05) is 0 Å². The second-order valence-electron chi connectivity index (χ2n) is 6.15. The van der Waals surface area contributed by atoms with Crippen LogP contribution in [-0.2, 0) is 4.79 Å². The Bertz CT molecular complexity index is 239. The van der Waals surface area contributed by atoms with Gasteiger partial charge >= 0.3 is 105 Å². The van der Waals surface area contributed by atoms with Crippen molar-refractivity contribution in [3.8, 4) is 0 Å². The molecule has 0 amide bonds. The number of carbonyl (C=O) groups excluding carboxylic acids is 1. The first-order valence-corrected chi connectivity index (χ1v) is 12.5. The number of rotatable bonds is 17. The molecule has 0 unspecified atom stereocenters. The van der Waals surface area contributed by atoms with Gasteiger partial charge in [-0.25, -0.2) is 0 Å². The standard InChI is InChI=1S/C18H36IOS/c1-2-3-4-5-6-7-8-9-10-11-12-13-14-15-16-17-18(20)21-19/h19H,2-17H2,1H3/q-1/i19T. The van der Waals surface area contributed by atoms with Crippen LogP contribution in [0.2, 0.25) is 0 Å². The Balaban J connectivity index is 3.01. The van der Waals surface area contributed by atoms with Crippen LogP contribution in [0.1, 0.15) is 110 Å². The van der Waals surface area contributed by atoms with Crippen molar-refractivity contribution in [3.05, 3.63) is 0 Å². The van der Waals surface area contributed by atoms with E-state index in [9.17, 15) is 4.79 Å². The van der Waals surface area contributed by atoms with Gasteiger partial charge in [-0.3, -0.25) is 0 Å². The normalized spacial score (nSPS) is 11.8. The third kappa shape index (κ3) is 18.7. The SMILES string of the molecule is [3H][I-]SC(=O)CCCCCCCCCCCCCCCCC. The van der Waals surface area contributed by atoms with Crippen molar-refractivity contribution in [2.45, 2.75) is 110 Å². The molecule has 0 aliphatic rings. The van der Waals surface area contributed by atoms with Crippen LogP contribution in [0.25, 0.3) is 0 Å². The van der Waals surface area contributed by atoms with Gasteiger partial charge in [0.05, 0.1) is 0 Å². The van der Waals surface area contributed by atoms with Crippen molar-refractivity contribution < 1.29 is 25.8 Å². The van der Waals surface area contributed by atoms with Crippen LogP contribution < -0.4 is 21.0 Å². The molecular formula is C18H36IOS-. The number of unbranched alkanes of at least 4 members (excludes halogenated alkanes) is 14. The summed E-state index contributed by atoms with van der Waals surface area (Å²) in [5.74, 6) is 0. The van der Waals surface area contributed by atoms with Crippen LogP contribution in [0.3, 0.4) is 0 Å². The van der Waals surface area contributed by atoms with Crippen LogP contribution in [0.4, 0.5) is 0 Å². The van der Waals surface area contributed by atoms with E-state index in [1.54, 1.807) is 0 Å². The summed E-state index contributed by atoms with van der Waals surface area (Å²) in [6, 6.07) is 0. The monoisotopic (exact) mass is 429 g/mol. The first-order valence-electron chi connectivity index (χ1n) is 9.50. The minimum absolute atomic E-state index is 0.248. The third-order valence-corrected chi connectivity index (χ3v) is 5.92. The summed E-state index contributed by atoms with van der Waals surface area (Å²) in [6.45, 7) is 2.28. The van der Waals surface area contributed by atoms with Gasteiger partial charge in [0.1, 0.15) is 0 Å². The van der Waals surface area contributed by atoms with Crippen molar-refractivity contribution >= 4 is 14.0 Å². The molecule has 0 aromatic carbocycles. The van der Waals surface area contributed by atoms with Gasteiger partial charge in [-0.1, -0.05) is 45.4 Å². The van der Waals surface area contributed by atoms with Crippen LogP contribution in [0.5, 0.6) is 0 Å². The van der Waals surface area contributed by atoms with Crippen LogP contribution in [0, 0.1) is 0 Å². The summed E-state index contributed by atoms with van der Waals surface area (Å²) in [7, 11) is 1.26. The fraction of sp³-hybridized carbons (Fsp3) is 0.944. The summed E-state index contributed by atoms with van der Waals surface area (Å²) in [4.78, 5) is 11.2. The predicted molar refractivity (Wildman–Crippen MR) is 93.5 cm³/mol. The van der Waals surface area contributed by atoms with E-state index in [-0.39, 0.29) is 5.12 Å². The van der Waals surface area contributed by atoms with E-state index >= 15 is 0 Å². The van der Waals surface area contributed by atoms with Gasteiger partial charge in [0, 0.05) is 0 Å². The van der Waals surface area contributed by atoms with Gasteiger partial charge in [-0.2, -0.15) is 0 Å². The minimum atomic E-state index is -0.662. The van der Waals surface area contributed by atoms with Crippen LogP contribution in [0.15, 0.2) is 0 Å². The Morgan fingerprint density at radius 1 is 0.762 bits per heavy atom. The number of halogens is 1. The Kier molecular flexibility index (Phi) is 17.7. The average molecular weight is 429 g/mol. The number of hydrogen-bond acceptors (Lipinski definition) is 2. The van der Waals surface area contributed by atoms with Gasteiger partial charge in [-0.15, -0.1) is 0 Å². The van der Waals surface area contributed by atoms with Crippen molar-refractivity contribution in [2.24, 2.45) is 0 Å². The molecule has 0 fully saturated rings. The van der Waals surface area contributed by atoms with Gasteiger partial charge in [0.25, 0.3) is 0 Å². The molecule has 0 bridgehead atoms. The molecular weight excluding hydrogens is 391 g/mol. The number of hydrogen-bond donors (Lipinski definition) is 0. The van der Waals surface area contributed by atoms with E-state index in [0.29, 0.717) is 6.42 Å². The second-order valence-corrected chi connectivity index (χ2v) is 8.08. The zero-order chi connectivity index (χ0) is 16.3. The second kappa shape index (κ2) is 18.8. The molecule has 3 heteroatoms. The molecule has 0 aliphatic heterocycles. The van der Waals surface area contributed by atoms with Gasteiger partial charge in [-0.05, 0) is 0 Å². The molecule has 0 aromatic rings.